The fourth-order valence-corrected chi connectivity index (χ4v) is 7.02. The number of benzene rings is 2. The first kappa shape index (κ1) is 27.8. The predicted molar refractivity (Wildman–Crippen MR) is 142 cm³/mol. The van der Waals surface area contributed by atoms with Crippen LogP contribution in [0.4, 0.5) is 13.6 Å². The molecule has 0 aliphatic carbocycles. The number of carbonyl (C=O) groups excluding carboxylic acids is 2. The van der Waals surface area contributed by atoms with Crippen molar-refractivity contribution < 1.29 is 33.0 Å². The van der Waals surface area contributed by atoms with Crippen molar-refractivity contribution in [2.75, 3.05) is 26.2 Å². The fourth-order valence-electron chi connectivity index (χ4n) is 5.44. The highest BCUT2D eigenvalue weighted by atomic mass is 28.3. The van der Waals surface area contributed by atoms with E-state index in [1.165, 1.54) is 17.0 Å². The molecule has 0 spiro atoms. The van der Waals surface area contributed by atoms with Gasteiger partial charge in [-0.3, -0.25) is 9.59 Å². The van der Waals surface area contributed by atoms with E-state index in [1.54, 1.807) is 17.0 Å². The van der Waals surface area contributed by atoms with Crippen LogP contribution in [-0.4, -0.2) is 67.0 Å². The first-order valence-electron chi connectivity index (χ1n) is 12.9. The van der Waals surface area contributed by atoms with Gasteiger partial charge in [-0.1, -0.05) is 25.7 Å². The number of amides is 2. The summed E-state index contributed by atoms with van der Waals surface area (Å²) in [5.41, 5.74) is 1.78. The Hall–Kier alpha value is -3.27. The first-order chi connectivity index (χ1) is 17.9. The van der Waals surface area contributed by atoms with E-state index in [-0.39, 0.29) is 47.9 Å². The summed E-state index contributed by atoms with van der Waals surface area (Å²) in [5.74, 6) is -1.99. The maximum atomic E-state index is 14.9. The highest BCUT2D eigenvalue weighted by Gasteiger charge is 2.41. The van der Waals surface area contributed by atoms with Gasteiger partial charge >= 0.3 is 12.0 Å². The number of ether oxygens (including phenoxy) is 1. The Bertz CT molecular complexity index is 1230. The van der Waals surface area contributed by atoms with Gasteiger partial charge in [0.15, 0.2) is 5.78 Å². The Morgan fingerprint density at radius 3 is 2.32 bits per heavy atom. The molecule has 204 valence electrons. The van der Waals surface area contributed by atoms with Crippen molar-refractivity contribution in [1.82, 2.24) is 9.80 Å². The summed E-state index contributed by atoms with van der Waals surface area (Å²) in [6.45, 7) is 8.85. The Labute approximate surface area is 222 Å². The van der Waals surface area contributed by atoms with E-state index in [0.717, 1.165) is 5.56 Å². The summed E-state index contributed by atoms with van der Waals surface area (Å²) >= 11 is 0. The molecule has 0 saturated carbocycles. The average molecular weight is 545 g/mol. The fraction of sp³-hybridized carbons (Fsp3) is 0.464. The molecule has 4 rings (SSSR count). The lowest BCUT2D eigenvalue weighted by Crippen LogP contribution is -2.57. The van der Waals surface area contributed by atoms with Crippen molar-refractivity contribution in [3.05, 3.63) is 58.7 Å². The lowest BCUT2D eigenvalue weighted by Gasteiger charge is -2.45. The number of fused-ring (bicyclic) bond motifs is 1. The van der Waals surface area contributed by atoms with Gasteiger partial charge in [-0.25, -0.2) is 13.6 Å². The largest absolute Gasteiger partial charge is 0.494 e. The molecule has 7 nitrogen and oxygen atoms in total. The Balaban J connectivity index is 1.63. The topological polar surface area (TPSA) is 87.2 Å². The molecule has 0 aromatic heterocycles. The van der Waals surface area contributed by atoms with Gasteiger partial charge in [-0.15, -0.1) is 0 Å². The third kappa shape index (κ3) is 5.74. The van der Waals surface area contributed by atoms with Crippen LogP contribution < -0.4 is 9.92 Å². The highest BCUT2D eigenvalue weighted by molar-refractivity contribution is 6.88. The molecule has 1 atom stereocenters. The third-order valence-corrected chi connectivity index (χ3v) is 9.10. The minimum absolute atomic E-state index is 0.0142. The Morgan fingerprint density at radius 2 is 1.74 bits per heavy atom. The molecule has 2 aromatic rings. The summed E-state index contributed by atoms with van der Waals surface area (Å²) in [6, 6.07) is 6.60. The minimum Gasteiger partial charge on any atom is -0.494 e. The molecule has 2 aliphatic rings. The number of urea groups is 1. The average Bonchev–Trinajstić information content (AvgIpc) is 2.78. The smallest absolute Gasteiger partial charge is 0.320 e. The SMILES string of the molecule is CCOc1ccc2c(c1)CCN(C(=O)N1CC(CC(=O)O)C1)C2C(=O)Cc1cc(F)c([Si](C)(C)C)c(F)c1. The molecule has 38 heavy (non-hydrogen) atoms. The zero-order valence-electron chi connectivity index (χ0n) is 22.2. The number of carboxylic acid groups (broad SMARTS) is 1. The summed E-state index contributed by atoms with van der Waals surface area (Å²) in [4.78, 5) is 41.2. The van der Waals surface area contributed by atoms with E-state index in [0.29, 0.717) is 37.4 Å². The molecular weight excluding hydrogens is 510 g/mol. The van der Waals surface area contributed by atoms with E-state index < -0.39 is 31.7 Å². The van der Waals surface area contributed by atoms with E-state index in [1.807, 2.05) is 32.6 Å². The number of likely N-dealkylation sites (tertiary alicyclic amines) is 1. The molecule has 2 aromatic carbocycles. The quantitative estimate of drug-likeness (QED) is 0.505. The molecule has 1 unspecified atom stereocenters. The Morgan fingerprint density at radius 1 is 1.08 bits per heavy atom. The maximum absolute atomic E-state index is 14.9. The van der Waals surface area contributed by atoms with Gasteiger partial charge in [0, 0.05) is 37.2 Å². The van der Waals surface area contributed by atoms with E-state index in [9.17, 15) is 23.2 Å². The number of ketones is 1. The lowest BCUT2D eigenvalue weighted by atomic mass is 9.87. The zero-order valence-corrected chi connectivity index (χ0v) is 23.2. The van der Waals surface area contributed by atoms with Crippen LogP contribution in [0.15, 0.2) is 30.3 Å². The predicted octanol–water partition coefficient (Wildman–Crippen LogP) is 4.15. The molecule has 1 fully saturated rings. The summed E-state index contributed by atoms with van der Waals surface area (Å²) < 4.78 is 35.4. The van der Waals surface area contributed by atoms with Crippen molar-refractivity contribution in [3.63, 3.8) is 0 Å². The standard InChI is InChI=1S/C28H34F2N2O5Si/c1-5-37-20-6-7-21-19(14-20)8-9-32(28(36)31-15-18(16-31)13-25(34)35)26(21)24(33)12-17-10-22(29)27(23(30)11-17)38(2,3)4/h6-7,10-11,14,18,26H,5,8-9,12-13,15-16H2,1-4H3,(H,34,35). The molecule has 0 radical (unpaired) electrons. The van der Waals surface area contributed by atoms with Crippen LogP contribution in [0.1, 0.15) is 36.1 Å². The van der Waals surface area contributed by atoms with Gasteiger partial charge < -0.3 is 19.6 Å². The van der Waals surface area contributed by atoms with Crippen molar-refractivity contribution in [2.24, 2.45) is 5.92 Å². The third-order valence-electron chi connectivity index (χ3n) is 7.13. The number of Topliss-reactive ketones (excluding diaryl/α,β-unsaturated/α-hetero) is 1. The number of hydrogen-bond donors (Lipinski definition) is 1. The van der Waals surface area contributed by atoms with Crippen LogP contribution in [0.2, 0.25) is 19.6 Å². The van der Waals surface area contributed by atoms with Crippen LogP contribution in [0.5, 0.6) is 5.75 Å². The van der Waals surface area contributed by atoms with Gasteiger partial charge in [0.1, 0.15) is 23.4 Å². The number of halogens is 2. The van der Waals surface area contributed by atoms with Gasteiger partial charge in [0.25, 0.3) is 0 Å². The molecule has 10 heteroatoms. The van der Waals surface area contributed by atoms with Gasteiger partial charge in [0.2, 0.25) is 0 Å². The van der Waals surface area contributed by atoms with Gasteiger partial charge in [0.05, 0.1) is 21.1 Å². The molecule has 0 bridgehead atoms. The van der Waals surface area contributed by atoms with Crippen LogP contribution in [-0.2, 0) is 22.4 Å². The van der Waals surface area contributed by atoms with E-state index >= 15 is 0 Å². The van der Waals surface area contributed by atoms with Crippen molar-refractivity contribution in [1.29, 1.82) is 0 Å². The van der Waals surface area contributed by atoms with Crippen LogP contribution in [0.3, 0.4) is 0 Å². The second kappa shape index (κ2) is 10.8. The minimum atomic E-state index is -2.27. The number of carboxylic acids is 1. The van der Waals surface area contributed by atoms with Gasteiger partial charge in [-0.05, 0) is 54.3 Å². The van der Waals surface area contributed by atoms with E-state index in [2.05, 4.69) is 0 Å². The second-order valence-corrected chi connectivity index (χ2v) is 16.1. The van der Waals surface area contributed by atoms with Crippen LogP contribution in [0, 0.1) is 17.6 Å². The summed E-state index contributed by atoms with van der Waals surface area (Å²) in [5, 5.41) is 9.13. The number of rotatable bonds is 8. The monoisotopic (exact) mass is 544 g/mol. The normalized spacial score (nSPS) is 17.6. The molecule has 2 aliphatic heterocycles. The molecule has 2 amide bonds. The first-order valence-corrected chi connectivity index (χ1v) is 16.4. The highest BCUT2D eigenvalue weighted by Crippen LogP contribution is 2.35. The number of aliphatic carboxylic acids is 1. The summed E-state index contributed by atoms with van der Waals surface area (Å²) in [7, 11) is -2.27. The molecule has 1 N–H and O–H groups in total. The van der Waals surface area contributed by atoms with Crippen LogP contribution >= 0.6 is 0 Å². The summed E-state index contributed by atoms with van der Waals surface area (Å²) in [6.07, 6.45) is 0.272. The Kier molecular flexibility index (Phi) is 7.92. The number of hydrogen-bond acceptors (Lipinski definition) is 4. The lowest BCUT2D eigenvalue weighted by molar-refractivity contribution is -0.139. The number of carbonyl (C=O) groups is 3. The molecule has 1 saturated heterocycles. The maximum Gasteiger partial charge on any atom is 0.320 e. The second-order valence-electron chi connectivity index (χ2n) is 11.1. The van der Waals surface area contributed by atoms with Crippen molar-refractivity contribution >= 4 is 31.0 Å². The van der Waals surface area contributed by atoms with Gasteiger partial charge in [-0.2, -0.15) is 0 Å². The van der Waals surface area contributed by atoms with Crippen molar-refractivity contribution in [3.8, 4) is 5.75 Å². The number of nitrogens with zero attached hydrogens (tertiary/aromatic N) is 2. The van der Waals surface area contributed by atoms with Crippen molar-refractivity contribution in [2.45, 2.75) is 51.9 Å². The molecule has 2 heterocycles. The van der Waals surface area contributed by atoms with E-state index in [4.69, 9.17) is 9.84 Å². The molecular formula is C28H34F2N2O5Si. The van der Waals surface area contributed by atoms with Crippen LogP contribution in [0.25, 0.3) is 0 Å². The zero-order chi connectivity index (χ0) is 27.8.